The second kappa shape index (κ2) is 3.39. The molecule has 0 saturated heterocycles. The molecule has 0 aromatic carbocycles. The van der Waals surface area contributed by atoms with Crippen LogP contribution in [0.3, 0.4) is 0 Å². The fourth-order valence-corrected chi connectivity index (χ4v) is 3.39. The van der Waals surface area contributed by atoms with Gasteiger partial charge in [0.05, 0.1) is 16.0 Å². The summed E-state index contributed by atoms with van der Waals surface area (Å²) in [7, 11) is 0. The zero-order valence-electron chi connectivity index (χ0n) is 8.12. The summed E-state index contributed by atoms with van der Waals surface area (Å²) in [6, 6.07) is 2.08. The van der Waals surface area contributed by atoms with Gasteiger partial charge in [0.15, 0.2) is 0 Å². The van der Waals surface area contributed by atoms with Gasteiger partial charge in [0, 0.05) is 10.9 Å². The van der Waals surface area contributed by atoms with Gasteiger partial charge in [-0.1, -0.05) is 0 Å². The number of aryl methyl sites for hydroxylation is 1. The van der Waals surface area contributed by atoms with Crippen LogP contribution in [0.5, 0.6) is 5.75 Å². The summed E-state index contributed by atoms with van der Waals surface area (Å²) in [6.45, 7) is 2.72. The van der Waals surface area contributed by atoms with Crippen LogP contribution >= 0.6 is 27.3 Å². The van der Waals surface area contributed by atoms with Gasteiger partial charge in [-0.25, -0.2) is 0 Å². The van der Waals surface area contributed by atoms with E-state index in [9.17, 15) is 0 Å². The average Bonchev–Trinajstić information content (AvgIpc) is 2.84. The molecule has 0 amide bonds. The third-order valence-electron chi connectivity index (χ3n) is 2.59. The van der Waals surface area contributed by atoms with Crippen LogP contribution in [-0.2, 0) is 0 Å². The predicted octanol–water partition coefficient (Wildman–Crippen LogP) is 3.94. The lowest BCUT2D eigenvalue weighted by Gasteiger charge is -2.04. The highest BCUT2D eigenvalue weighted by atomic mass is 79.9. The van der Waals surface area contributed by atoms with Gasteiger partial charge in [0.25, 0.3) is 0 Å². The Hall–Kier alpha value is -0.740. The first kappa shape index (κ1) is 9.48. The predicted molar refractivity (Wildman–Crippen MR) is 62.8 cm³/mol. The van der Waals surface area contributed by atoms with E-state index in [1.807, 2.05) is 12.3 Å². The van der Waals surface area contributed by atoms with Crippen LogP contribution in [0.2, 0.25) is 0 Å². The minimum Gasteiger partial charge on any atom is -0.491 e. The molecular formula is C11H9BrO2S. The molecule has 15 heavy (non-hydrogen) atoms. The maximum absolute atomic E-state index is 5.62. The molecule has 3 rings (SSSR count). The molecule has 4 heteroatoms. The van der Waals surface area contributed by atoms with Gasteiger partial charge in [-0.15, -0.1) is 11.3 Å². The molecule has 0 fully saturated rings. The Morgan fingerprint density at radius 3 is 3.13 bits per heavy atom. The molecule has 0 bridgehead atoms. The third kappa shape index (κ3) is 1.43. The van der Waals surface area contributed by atoms with Crippen LogP contribution in [0.4, 0.5) is 0 Å². The Morgan fingerprint density at radius 1 is 1.53 bits per heavy atom. The van der Waals surface area contributed by atoms with Crippen molar-refractivity contribution in [3.8, 4) is 5.75 Å². The van der Waals surface area contributed by atoms with Gasteiger partial charge in [-0.05, 0) is 34.5 Å². The van der Waals surface area contributed by atoms with Crippen molar-refractivity contribution in [2.45, 2.75) is 12.8 Å². The summed E-state index contributed by atoms with van der Waals surface area (Å²) < 4.78 is 12.3. The topological polar surface area (TPSA) is 22.4 Å². The fraction of sp³-hybridized carbons (Fsp3) is 0.273. The normalized spacial score (nSPS) is 18.9. The van der Waals surface area contributed by atoms with Crippen LogP contribution in [0, 0.1) is 6.92 Å². The largest absolute Gasteiger partial charge is 0.491 e. The molecule has 3 heterocycles. The molecular weight excluding hydrogens is 276 g/mol. The van der Waals surface area contributed by atoms with Crippen LogP contribution < -0.4 is 4.74 Å². The van der Waals surface area contributed by atoms with Gasteiger partial charge < -0.3 is 9.15 Å². The van der Waals surface area contributed by atoms with Crippen molar-refractivity contribution >= 4 is 27.3 Å². The molecule has 1 unspecified atom stereocenters. The van der Waals surface area contributed by atoms with Crippen LogP contribution in [0.1, 0.15) is 22.8 Å². The van der Waals surface area contributed by atoms with Crippen molar-refractivity contribution in [1.29, 1.82) is 0 Å². The van der Waals surface area contributed by atoms with Crippen molar-refractivity contribution in [1.82, 2.24) is 0 Å². The maximum atomic E-state index is 5.62. The first-order chi connectivity index (χ1) is 7.25. The monoisotopic (exact) mass is 284 g/mol. The Labute approximate surface area is 100.0 Å². The molecule has 2 nitrogen and oxygen atoms in total. The summed E-state index contributed by atoms with van der Waals surface area (Å²) in [5, 5.41) is 2.04. The number of furan rings is 1. The lowest BCUT2D eigenvalue weighted by molar-refractivity contribution is 0.328. The second-order valence-corrected chi connectivity index (χ2v) is 5.87. The Balaban J connectivity index is 2.06. The van der Waals surface area contributed by atoms with E-state index in [-0.39, 0.29) is 5.92 Å². The van der Waals surface area contributed by atoms with E-state index in [1.165, 1.54) is 5.56 Å². The number of halogens is 1. The highest BCUT2D eigenvalue weighted by Crippen LogP contribution is 2.46. The molecule has 0 N–H and O–H groups in total. The van der Waals surface area contributed by atoms with Crippen molar-refractivity contribution in [3.63, 3.8) is 0 Å². The molecule has 0 saturated carbocycles. The van der Waals surface area contributed by atoms with Crippen molar-refractivity contribution in [2.24, 2.45) is 0 Å². The highest BCUT2D eigenvalue weighted by Gasteiger charge is 2.31. The second-order valence-electron chi connectivity index (χ2n) is 3.68. The van der Waals surface area contributed by atoms with E-state index in [0.717, 1.165) is 20.9 Å². The van der Waals surface area contributed by atoms with Crippen LogP contribution in [0.25, 0.3) is 0 Å². The molecule has 1 atom stereocenters. The Kier molecular flexibility index (Phi) is 2.14. The van der Waals surface area contributed by atoms with Gasteiger partial charge in [-0.2, -0.15) is 0 Å². The average molecular weight is 285 g/mol. The molecule has 0 spiro atoms. The minimum atomic E-state index is 0.245. The lowest BCUT2D eigenvalue weighted by Crippen LogP contribution is -2.01. The maximum Gasteiger partial charge on any atom is 0.135 e. The summed E-state index contributed by atoms with van der Waals surface area (Å²) in [5.74, 6) is 2.23. The molecule has 0 radical (unpaired) electrons. The van der Waals surface area contributed by atoms with E-state index in [1.54, 1.807) is 17.6 Å². The van der Waals surface area contributed by atoms with E-state index in [4.69, 9.17) is 9.15 Å². The number of rotatable bonds is 1. The number of ether oxygens (including phenoxy) is 1. The van der Waals surface area contributed by atoms with Gasteiger partial charge in [0.2, 0.25) is 0 Å². The number of fused-ring (bicyclic) bond motifs is 1. The lowest BCUT2D eigenvalue weighted by atomic mass is 10.0. The van der Waals surface area contributed by atoms with Gasteiger partial charge in [0.1, 0.15) is 18.1 Å². The van der Waals surface area contributed by atoms with E-state index >= 15 is 0 Å². The molecule has 1 aliphatic rings. The molecule has 2 aromatic heterocycles. The molecule has 0 aliphatic carbocycles. The van der Waals surface area contributed by atoms with Crippen molar-refractivity contribution in [2.75, 3.05) is 6.61 Å². The third-order valence-corrected chi connectivity index (χ3v) is 4.34. The Morgan fingerprint density at radius 2 is 2.40 bits per heavy atom. The van der Waals surface area contributed by atoms with E-state index in [0.29, 0.717) is 6.61 Å². The van der Waals surface area contributed by atoms with Crippen LogP contribution in [0.15, 0.2) is 25.9 Å². The molecule has 78 valence electrons. The zero-order chi connectivity index (χ0) is 10.4. The number of hydrogen-bond acceptors (Lipinski definition) is 3. The number of thiophene rings is 1. The van der Waals surface area contributed by atoms with E-state index in [2.05, 4.69) is 22.0 Å². The highest BCUT2D eigenvalue weighted by molar-refractivity contribution is 9.11. The Bertz CT molecular complexity index is 500. The first-order valence-electron chi connectivity index (χ1n) is 4.70. The van der Waals surface area contributed by atoms with Crippen molar-refractivity contribution in [3.05, 3.63) is 38.4 Å². The van der Waals surface area contributed by atoms with Crippen molar-refractivity contribution < 1.29 is 9.15 Å². The molecule has 2 aromatic rings. The summed E-state index contributed by atoms with van der Waals surface area (Å²) in [5.41, 5.74) is 2.39. The van der Waals surface area contributed by atoms with Gasteiger partial charge in [-0.3, -0.25) is 0 Å². The first-order valence-corrected chi connectivity index (χ1v) is 6.37. The zero-order valence-corrected chi connectivity index (χ0v) is 10.5. The summed E-state index contributed by atoms with van der Waals surface area (Å²) in [6.07, 6.45) is 1.79. The number of hydrogen-bond donors (Lipinski definition) is 0. The van der Waals surface area contributed by atoms with Gasteiger partial charge >= 0.3 is 0 Å². The standard InChI is InChI=1S/C11H9BrO2S/c1-6-2-8(13-3-6)7-4-14-9-5-15-11(12)10(7)9/h2-3,5,7H,4H2,1H3. The molecule has 1 aliphatic heterocycles. The fourth-order valence-electron chi connectivity index (χ4n) is 1.87. The summed E-state index contributed by atoms with van der Waals surface area (Å²) in [4.78, 5) is 0. The smallest absolute Gasteiger partial charge is 0.135 e. The van der Waals surface area contributed by atoms with E-state index < -0.39 is 0 Å². The minimum absolute atomic E-state index is 0.245. The van der Waals surface area contributed by atoms with Crippen LogP contribution in [-0.4, -0.2) is 6.61 Å². The SMILES string of the molecule is Cc1coc(C2COc3csc(Br)c32)c1. The quantitative estimate of drug-likeness (QED) is 0.792. The summed E-state index contributed by atoms with van der Waals surface area (Å²) >= 11 is 5.22.